The largest absolute Gasteiger partial charge is 0.444 e. The summed E-state index contributed by atoms with van der Waals surface area (Å²) >= 11 is 0. The third kappa shape index (κ3) is 5.79. The second-order valence-electron chi connectivity index (χ2n) is 9.14. The number of benzene rings is 1. The second kappa shape index (κ2) is 9.60. The van der Waals surface area contributed by atoms with E-state index in [9.17, 15) is 14.4 Å². The number of nitrogens with one attached hydrogen (secondary N) is 2. The highest BCUT2D eigenvalue weighted by Gasteiger charge is 2.31. The number of piperidine rings is 1. The van der Waals surface area contributed by atoms with Gasteiger partial charge in [-0.25, -0.2) is 4.79 Å². The fraction of sp³-hybridized carbons (Fsp3) is 0.522. The Kier molecular flexibility index (Phi) is 7.08. The zero-order valence-electron chi connectivity index (χ0n) is 19.1. The monoisotopic (exact) mass is 444 g/mol. The van der Waals surface area contributed by atoms with E-state index in [0.717, 1.165) is 29.0 Å². The summed E-state index contributed by atoms with van der Waals surface area (Å²) in [6.07, 6.45) is 2.48. The number of hydrogen-bond acceptors (Lipinski definition) is 7. The number of rotatable bonds is 6. The van der Waals surface area contributed by atoms with Crippen molar-refractivity contribution in [3.8, 4) is 0 Å². The van der Waals surface area contributed by atoms with Gasteiger partial charge in [-0.2, -0.15) is 0 Å². The van der Waals surface area contributed by atoms with Crippen LogP contribution in [0.25, 0.3) is 0 Å². The molecule has 0 radical (unpaired) electrons. The van der Waals surface area contributed by atoms with Gasteiger partial charge in [0.25, 0.3) is 11.8 Å². The Balaban J connectivity index is 1.64. The van der Waals surface area contributed by atoms with Gasteiger partial charge < -0.3 is 25.4 Å². The number of carbonyl (C=O) groups excluding carboxylic acids is 3. The highest BCUT2D eigenvalue weighted by molar-refractivity contribution is 6.17. The van der Waals surface area contributed by atoms with E-state index in [1.165, 1.54) is 6.08 Å². The molecule has 0 bridgehead atoms. The van der Waals surface area contributed by atoms with Crippen LogP contribution in [0.5, 0.6) is 0 Å². The summed E-state index contributed by atoms with van der Waals surface area (Å²) in [7, 11) is 0. The lowest BCUT2D eigenvalue weighted by Crippen LogP contribution is -2.44. The molecule has 2 aliphatic heterocycles. The molecule has 1 aromatic rings. The number of aliphatic hydroxyl groups excluding tert-OH is 1. The van der Waals surface area contributed by atoms with E-state index >= 15 is 0 Å². The van der Waals surface area contributed by atoms with Crippen LogP contribution < -0.4 is 10.6 Å². The van der Waals surface area contributed by atoms with Crippen LogP contribution in [0.2, 0.25) is 0 Å². The average molecular weight is 445 g/mol. The quantitative estimate of drug-likeness (QED) is 0.578. The second-order valence-corrected chi connectivity index (χ2v) is 9.14. The van der Waals surface area contributed by atoms with Crippen LogP contribution in [0.3, 0.4) is 0 Å². The molecule has 9 heteroatoms. The minimum atomic E-state index is -0.519. The molecule has 9 nitrogen and oxygen atoms in total. The van der Waals surface area contributed by atoms with Gasteiger partial charge in [0.1, 0.15) is 11.3 Å². The third-order valence-electron chi connectivity index (χ3n) is 5.28. The normalized spacial score (nSPS) is 17.5. The molecule has 3 N–H and O–H groups in total. The molecule has 2 heterocycles. The first kappa shape index (κ1) is 23.6. The zero-order valence-corrected chi connectivity index (χ0v) is 19.1. The molecule has 0 saturated carbocycles. The van der Waals surface area contributed by atoms with Crippen LogP contribution in [-0.2, 0) is 14.3 Å². The molecule has 1 saturated heterocycles. The van der Waals surface area contributed by atoms with Crippen molar-refractivity contribution in [1.82, 2.24) is 9.80 Å². The van der Waals surface area contributed by atoms with Crippen molar-refractivity contribution in [3.05, 3.63) is 35.5 Å². The minimum absolute atomic E-state index is 0.0332. The van der Waals surface area contributed by atoms with Crippen LogP contribution in [-0.4, -0.2) is 70.7 Å². The summed E-state index contributed by atoms with van der Waals surface area (Å²) in [4.78, 5) is 39.5. The van der Waals surface area contributed by atoms with E-state index in [4.69, 9.17) is 9.84 Å². The number of aryl methyl sites for hydroxylation is 1. The first-order valence-corrected chi connectivity index (χ1v) is 10.9. The van der Waals surface area contributed by atoms with E-state index < -0.39 is 17.4 Å². The number of nitrogens with zero attached hydrogens (tertiary/aromatic N) is 2. The molecule has 3 rings (SSSR count). The van der Waals surface area contributed by atoms with Crippen molar-refractivity contribution < 1.29 is 24.2 Å². The first-order valence-electron chi connectivity index (χ1n) is 10.9. The summed E-state index contributed by atoms with van der Waals surface area (Å²) in [6, 6.07) is 5.92. The van der Waals surface area contributed by atoms with Gasteiger partial charge in [0.2, 0.25) is 0 Å². The van der Waals surface area contributed by atoms with Crippen molar-refractivity contribution in [3.63, 3.8) is 0 Å². The Bertz CT molecular complexity index is 913. The number of ether oxygens (including phenoxy) is 1. The topological polar surface area (TPSA) is 111 Å². The molecule has 174 valence electrons. The SMILES string of the molecule is Cc1ccc(NC2=CC(=O)N(CCO)C2=O)c(NC2CCN(C(=O)OC(C)(C)C)CC2)c1. The number of carbonyl (C=O) groups is 3. The van der Waals surface area contributed by atoms with Crippen LogP contribution >= 0.6 is 0 Å². The molecule has 0 aromatic heterocycles. The van der Waals surface area contributed by atoms with Gasteiger partial charge in [-0.05, 0) is 58.2 Å². The highest BCUT2D eigenvalue weighted by Crippen LogP contribution is 2.29. The molecular formula is C23H32N4O5. The molecular weight excluding hydrogens is 412 g/mol. The molecule has 0 unspecified atom stereocenters. The highest BCUT2D eigenvalue weighted by atomic mass is 16.6. The maximum atomic E-state index is 12.5. The van der Waals surface area contributed by atoms with Crippen LogP contribution in [0, 0.1) is 6.92 Å². The van der Waals surface area contributed by atoms with Crippen LogP contribution in [0.4, 0.5) is 16.2 Å². The van der Waals surface area contributed by atoms with E-state index in [0.29, 0.717) is 18.8 Å². The number of imide groups is 1. The third-order valence-corrected chi connectivity index (χ3v) is 5.28. The van der Waals surface area contributed by atoms with Gasteiger partial charge in [-0.3, -0.25) is 14.5 Å². The number of aliphatic hydroxyl groups is 1. The van der Waals surface area contributed by atoms with E-state index in [2.05, 4.69) is 10.6 Å². The lowest BCUT2D eigenvalue weighted by Gasteiger charge is -2.34. The summed E-state index contributed by atoms with van der Waals surface area (Å²) in [5.41, 5.74) is 2.21. The van der Waals surface area contributed by atoms with Gasteiger partial charge in [0.05, 0.1) is 24.5 Å². The number of amides is 3. The average Bonchev–Trinajstić information content (AvgIpc) is 2.97. The predicted molar refractivity (Wildman–Crippen MR) is 121 cm³/mol. The summed E-state index contributed by atoms with van der Waals surface area (Å²) in [5, 5.41) is 15.7. The lowest BCUT2D eigenvalue weighted by molar-refractivity contribution is -0.137. The summed E-state index contributed by atoms with van der Waals surface area (Å²) in [6.45, 7) is 8.41. The van der Waals surface area contributed by atoms with E-state index in [-0.39, 0.29) is 31.0 Å². The summed E-state index contributed by atoms with van der Waals surface area (Å²) < 4.78 is 5.46. The predicted octanol–water partition coefficient (Wildman–Crippen LogP) is 2.46. The minimum Gasteiger partial charge on any atom is -0.444 e. The van der Waals surface area contributed by atoms with Crippen molar-refractivity contribution >= 4 is 29.3 Å². The molecule has 32 heavy (non-hydrogen) atoms. The van der Waals surface area contributed by atoms with Gasteiger partial charge in [-0.15, -0.1) is 0 Å². The Morgan fingerprint density at radius 1 is 1.19 bits per heavy atom. The number of likely N-dealkylation sites (tertiary alicyclic amines) is 1. The maximum Gasteiger partial charge on any atom is 0.410 e. The van der Waals surface area contributed by atoms with Crippen LogP contribution in [0.15, 0.2) is 30.0 Å². The number of anilines is 2. The van der Waals surface area contributed by atoms with Gasteiger partial charge >= 0.3 is 6.09 Å². The molecule has 0 spiro atoms. The molecule has 1 fully saturated rings. The Morgan fingerprint density at radius 3 is 2.50 bits per heavy atom. The fourth-order valence-corrected chi connectivity index (χ4v) is 3.69. The summed E-state index contributed by atoms with van der Waals surface area (Å²) in [5.74, 6) is -0.899. The van der Waals surface area contributed by atoms with E-state index in [1.807, 2.05) is 45.9 Å². The maximum absolute atomic E-state index is 12.5. The standard InChI is InChI=1S/C23H32N4O5/c1-15-5-6-17(25-19-14-20(29)27(11-12-28)21(19)30)18(13-15)24-16-7-9-26(10-8-16)22(31)32-23(2,3)4/h5-6,13-14,16,24-25,28H,7-12H2,1-4H3. The van der Waals surface area contributed by atoms with Gasteiger partial charge in [-0.1, -0.05) is 6.07 Å². The Labute approximate surface area is 188 Å². The number of β-amino-alcohol motifs (C(OH)–C–C–N with tert-alkyl or cyclic N) is 1. The Hall–Kier alpha value is -3.07. The number of hydrogen-bond donors (Lipinski definition) is 3. The van der Waals surface area contributed by atoms with Crippen molar-refractivity contribution in [2.45, 2.75) is 52.2 Å². The van der Waals surface area contributed by atoms with Gasteiger partial charge in [0.15, 0.2) is 0 Å². The van der Waals surface area contributed by atoms with Gasteiger partial charge in [0, 0.05) is 25.2 Å². The molecule has 3 amide bonds. The smallest absolute Gasteiger partial charge is 0.410 e. The lowest BCUT2D eigenvalue weighted by atomic mass is 10.0. The first-order chi connectivity index (χ1) is 15.1. The van der Waals surface area contributed by atoms with Crippen molar-refractivity contribution in [1.29, 1.82) is 0 Å². The molecule has 1 aromatic carbocycles. The molecule has 0 atom stereocenters. The molecule has 2 aliphatic rings. The van der Waals surface area contributed by atoms with Crippen LogP contribution in [0.1, 0.15) is 39.2 Å². The zero-order chi connectivity index (χ0) is 23.5. The fourth-order valence-electron chi connectivity index (χ4n) is 3.69. The van der Waals surface area contributed by atoms with Crippen molar-refractivity contribution in [2.24, 2.45) is 0 Å². The van der Waals surface area contributed by atoms with E-state index in [1.54, 1.807) is 4.90 Å². The molecule has 0 aliphatic carbocycles. The Morgan fingerprint density at radius 2 is 1.88 bits per heavy atom. The van der Waals surface area contributed by atoms with Crippen molar-refractivity contribution in [2.75, 3.05) is 36.9 Å².